The Morgan fingerprint density at radius 2 is 1.81 bits per heavy atom. The monoisotopic (exact) mass is 299 g/mol. The zero-order valence-electron chi connectivity index (χ0n) is 9.03. The van der Waals surface area contributed by atoms with Crippen molar-refractivity contribution in [3.63, 3.8) is 0 Å². The first-order valence-corrected chi connectivity index (χ1v) is 6.72. The molecule has 0 unspecified atom stereocenters. The van der Waals surface area contributed by atoms with E-state index in [1.165, 1.54) is 36.0 Å². The summed E-state index contributed by atoms with van der Waals surface area (Å²) in [7, 11) is 0. The molecule has 1 aromatic rings. The topological polar surface area (TPSA) is 3.24 Å². The van der Waals surface area contributed by atoms with E-state index in [1.807, 2.05) is 24.3 Å². The fourth-order valence-corrected chi connectivity index (χ4v) is 2.44. The van der Waals surface area contributed by atoms with Gasteiger partial charge < -0.3 is 0 Å². The second kappa shape index (κ2) is 5.67. The van der Waals surface area contributed by atoms with Crippen LogP contribution < -0.4 is 0 Å². The van der Waals surface area contributed by atoms with Gasteiger partial charge in [-0.25, -0.2) is 0 Å². The Morgan fingerprint density at radius 1 is 1.19 bits per heavy atom. The fourth-order valence-electron chi connectivity index (χ4n) is 1.78. The quantitative estimate of drug-likeness (QED) is 0.776. The van der Waals surface area contributed by atoms with Crippen LogP contribution in [0.3, 0.4) is 0 Å². The van der Waals surface area contributed by atoms with Crippen molar-refractivity contribution in [2.75, 3.05) is 13.1 Å². The molecule has 0 amide bonds. The standard InChI is InChI=1S/C13H14ClNSe/c14-12-6-3-11(4-7-12)5-8-13(16)15-9-1-2-10-15/h3-8H,1-2,9-10H2/b8-5+. The van der Waals surface area contributed by atoms with Crippen molar-refractivity contribution in [2.24, 2.45) is 0 Å². The van der Waals surface area contributed by atoms with Crippen LogP contribution in [0.25, 0.3) is 6.08 Å². The summed E-state index contributed by atoms with van der Waals surface area (Å²) in [5, 5.41) is 0.781. The van der Waals surface area contributed by atoms with E-state index in [9.17, 15) is 0 Å². The van der Waals surface area contributed by atoms with Crippen LogP contribution in [0.5, 0.6) is 0 Å². The number of likely N-dealkylation sites (tertiary alicyclic amines) is 1. The fraction of sp³-hybridized carbons (Fsp3) is 0.308. The van der Waals surface area contributed by atoms with Crippen molar-refractivity contribution < 1.29 is 0 Å². The van der Waals surface area contributed by atoms with E-state index < -0.39 is 0 Å². The van der Waals surface area contributed by atoms with Crippen LogP contribution in [0.15, 0.2) is 30.3 Å². The molecule has 0 radical (unpaired) electrons. The predicted molar refractivity (Wildman–Crippen MR) is 72.1 cm³/mol. The molecule has 1 aliphatic heterocycles. The summed E-state index contributed by atoms with van der Waals surface area (Å²) in [5.41, 5.74) is 1.18. The van der Waals surface area contributed by atoms with E-state index in [0.29, 0.717) is 0 Å². The van der Waals surface area contributed by atoms with Gasteiger partial charge in [0, 0.05) is 0 Å². The summed E-state index contributed by atoms with van der Waals surface area (Å²) in [6.07, 6.45) is 6.86. The molecule has 1 aromatic carbocycles. The molecule has 16 heavy (non-hydrogen) atoms. The molecule has 1 saturated heterocycles. The Kier molecular flexibility index (Phi) is 4.22. The van der Waals surface area contributed by atoms with Gasteiger partial charge in [0.25, 0.3) is 0 Å². The zero-order valence-corrected chi connectivity index (χ0v) is 11.5. The van der Waals surface area contributed by atoms with E-state index in [4.69, 9.17) is 11.6 Å². The molecule has 1 aliphatic rings. The van der Waals surface area contributed by atoms with Gasteiger partial charge in [-0.1, -0.05) is 0 Å². The minimum atomic E-state index is 0.781. The Hall–Kier alpha value is -0.561. The van der Waals surface area contributed by atoms with Crippen molar-refractivity contribution >= 4 is 37.8 Å². The molecule has 0 aliphatic carbocycles. The first-order valence-electron chi connectivity index (χ1n) is 5.48. The third-order valence-electron chi connectivity index (χ3n) is 2.71. The summed E-state index contributed by atoms with van der Waals surface area (Å²) in [6, 6.07) is 7.87. The Morgan fingerprint density at radius 3 is 2.44 bits per heavy atom. The Labute approximate surface area is 109 Å². The first kappa shape index (κ1) is 11.9. The van der Waals surface area contributed by atoms with Crippen LogP contribution in [0.1, 0.15) is 18.4 Å². The number of hydrogen-bond donors (Lipinski definition) is 0. The third kappa shape index (κ3) is 3.21. The van der Waals surface area contributed by atoms with Gasteiger partial charge in [-0.05, 0) is 0 Å². The normalized spacial score (nSPS) is 15.9. The first-order chi connectivity index (χ1) is 7.75. The van der Waals surface area contributed by atoms with Crippen LogP contribution >= 0.6 is 11.6 Å². The van der Waals surface area contributed by atoms with Crippen molar-refractivity contribution in [3.05, 3.63) is 40.9 Å². The van der Waals surface area contributed by atoms with Gasteiger partial charge in [-0.15, -0.1) is 0 Å². The second-order valence-corrected chi connectivity index (χ2v) is 5.23. The van der Waals surface area contributed by atoms with Crippen LogP contribution in [-0.2, 0) is 0 Å². The number of hydrogen-bond acceptors (Lipinski definition) is 1. The van der Waals surface area contributed by atoms with Crippen LogP contribution in [-0.4, -0.2) is 38.1 Å². The van der Waals surface area contributed by atoms with E-state index in [1.54, 1.807) is 0 Å². The molecule has 0 spiro atoms. The van der Waals surface area contributed by atoms with Gasteiger partial charge in [-0.2, -0.15) is 0 Å². The van der Waals surface area contributed by atoms with E-state index in [2.05, 4.69) is 32.6 Å². The Bertz CT molecular complexity index is 391. The molecule has 84 valence electrons. The van der Waals surface area contributed by atoms with Crippen LogP contribution in [0, 0.1) is 0 Å². The number of benzene rings is 1. The Balaban J connectivity index is 1.97. The molecule has 0 N–H and O–H groups in total. The molecule has 1 nitrogen and oxygen atoms in total. The second-order valence-electron chi connectivity index (χ2n) is 3.92. The van der Waals surface area contributed by atoms with Crippen molar-refractivity contribution in [2.45, 2.75) is 12.8 Å². The SMILES string of the molecule is Clc1ccc(/C=C/C(=[Se])N2CCCC2)cc1. The summed E-state index contributed by atoms with van der Waals surface area (Å²) in [5.74, 6) is 0. The maximum absolute atomic E-state index is 5.83. The molecule has 0 aromatic heterocycles. The number of nitrogens with zero attached hydrogens (tertiary/aromatic N) is 1. The minimum absolute atomic E-state index is 0.781. The van der Waals surface area contributed by atoms with Crippen LogP contribution in [0.4, 0.5) is 0 Å². The van der Waals surface area contributed by atoms with Crippen molar-refractivity contribution in [1.29, 1.82) is 0 Å². The molecular weight excluding hydrogens is 285 g/mol. The van der Waals surface area contributed by atoms with Crippen molar-refractivity contribution in [1.82, 2.24) is 4.90 Å². The number of rotatable bonds is 3. The average Bonchev–Trinajstić information content (AvgIpc) is 2.81. The predicted octanol–water partition coefficient (Wildman–Crippen LogP) is 2.75. The maximum atomic E-state index is 5.83. The van der Waals surface area contributed by atoms with Gasteiger partial charge in [0.2, 0.25) is 0 Å². The van der Waals surface area contributed by atoms with E-state index >= 15 is 0 Å². The molecule has 0 atom stereocenters. The van der Waals surface area contributed by atoms with Gasteiger partial charge in [0.05, 0.1) is 0 Å². The van der Waals surface area contributed by atoms with Crippen LogP contribution in [0.2, 0.25) is 5.02 Å². The third-order valence-corrected chi connectivity index (χ3v) is 3.79. The van der Waals surface area contributed by atoms with E-state index in [-0.39, 0.29) is 0 Å². The number of halogens is 1. The van der Waals surface area contributed by atoms with E-state index in [0.717, 1.165) is 5.02 Å². The summed E-state index contributed by atoms with van der Waals surface area (Å²) < 4.78 is 1.23. The van der Waals surface area contributed by atoms with Gasteiger partial charge in [-0.3, -0.25) is 0 Å². The molecule has 0 saturated carbocycles. The molecule has 1 fully saturated rings. The summed E-state index contributed by atoms with van der Waals surface area (Å²) >= 11 is 8.96. The molecule has 1 heterocycles. The molecule has 3 heteroatoms. The average molecular weight is 299 g/mol. The summed E-state index contributed by atoms with van der Waals surface area (Å²) in [4.78, 5) is 2.38. The summed E-state index contributed by atoms with van der Waals surface area (Å²) in [6.45, 7) is 2.35. The van der Waals surface area contributed by atoms with Gasteiger partial charge in [0.1, 0.15) is 0 Å². The zero-order chi connectivity index (χ0) is 11.4. The van der Waals surface area contributed by atoms with Crippen molar-refractivity contribution in [3.8, 4) is 0 Å². The molecule has 2 rings (SSSR count). The van der Waals surface area contributed by atoms with Gasteiger partial charge in [0.15, 0.2) is 0 Å². The molecular formula is C13H14ClNSe. The van der Waals surface area contributed by atoms with Gasteiger partial charge >= 0.3 is 110 Å². The molecule has 0 bridgehead atoms.